The van der Waals surface area contributed by atoms with Crippen molar-refractivity contribution in [2.45, 2.75) is 5.75 Å². The molecule has 0 radical (unpaired) electrons. The van der Waals surface area contributed by atoms with Crippen molar-refractivity contribution in [2.75, 3.05) is 19.4 Å². The summed E-state index contributed by atoms with van der Waals surface area (Å²) in [7, 11) is -19.6. The fourth-order valence-electron chi connectivity index (χ4n) is 2.14. The number of sulfone groups is 1. The number of para-hydroxylation sites is 1. The zero-order chi connectivity index (χ0) is 26.2. The van der Waals surface area contributed by atoms with Crippen LogP contribution in [0, 0.1) is 0 Å². The number of halogens is 3. The second kappa shape index (κ2) is 11.8. The Kier molecular flexibility index (Phi) is 10.3. The number of rotatable bonds is 10. The van der Waals surface area contributed by atoms with Crippen LogP contribution in [0.5, 0.6) is 11.5 Å². The monoisotopic (exact) mass is 569 g/mol. The van der Waals surface area contributed by atoms with Gasteiger partial charge < -0.3 is 8.92 Å². The Morgan fingerprint density at radius 2 is 1.24 bits per heavy atom. The van der Waals surface area contributed by atoms with Gasteiger partial charge in [0.2, 0.25) is 0 Å². The molecule has 18 heteroatoms. The Morgan fingerprint density at radius 1 is 0.735 bits per heavy atom. The molecule has 0 aromatic heterocycles. The number of hydrogen-bond donors (Lipinski definition) is 0. The van der Waals surface area contributed by atoms with Crippen molar-refractivity contribution >= 4 is 41.2 Å². The quantitative estimate of drug-likeness (QED) is 0.385. The van der Waals surface area contributed by atoms with Crippen LogP contribution < -0.4 is 8.92 Å². The van der Waals surface area contributed by atoms with E-state index in [0.29, 0.717) is 11.3 Å². The third-order valence-electron chi connectivity index (χ3n) is 3.32. The average Bonchev–Trinajstić information content (AvgIpc) is 2.64. The zero-order valence-electron chi connectivity index (χ0n) is 17.1. The first kappa shape index (κ1) is 29.6. The van der Waals surface area contributed by atoms with Gasteiger partial charge in [0, 0.05) is 6.26 Å². The van der Waals surface area contributed by atoms with Crippen LogP contribution in [-0.4, -0.2) is 56.8 Å². The van der Waals surface area contributed by atoms with Gasteiger partial charge in [-0.1, -0.05) is 42.0 Å². The molecule has 192 valence electrons. The Balaban J connectivity index is 0.000000342. The minimum absolute atomic E-state index is 0.171. The summed E-state index contributed by atoms with van der Waals surface area (Å²) in [5, 5.41) is 0. The molecule has 0 unspecified atom stereocenters. The van der Waals surface area contributed by atoms with Gasteiger partial charge in [-0.15, -0.1) is 0 Å². The summed E-state index contributed by atoms with van der Waals surface area (Å²) in [6.45, 7) is -1.51. The van der Waals surface area contributed by atoms with E-state index in [1.54, 1.807) is 18.2 Å². The minimum atomic E-state index is -5.69. The van der Waals surface area contributed by atoms with Gasteiger partial charge in [0.05, 0.1) is 12.3 Å². The molecule has 0 bridgehead atoms. The number of nitrogens with zero attached hydrogens (tertiary/aromatic N) is 1. The topological polar surface area (TPSA) is 158 Å². The molecule has 0 atom stereocenters. The Bertz CT molecular complexity index is 1280. The SMILES string of the molecule is CS(=O)(=O)Cc1ccc(OS(=O)(=O)F)cc1.O=S(=O)(F)N(CCOc1ccccc1)S(=O)(=O)F. The lowest BCUT2D eigenvalue weighted by Crippen LogP contribution is -2.35. The largest absolute Gasteiger partial charge is 0.492 e. The van der Waals surface area contributed by atoms with E-state index >= 15 is 0 Å². The van der Waals surface area contributed by atoms with Crippen molar-refractivity contribution in [1.29, 1.82) is 0 Å². The summed E-state index contributed by atoms with van der Waals surface area (Å²) in [5.41, 5.74) is 0.464. The standard InChI is InChI=1S/C8H9F2NO5S2.C8H9FO5S2/c9-17(12,13)11(18(10,14)15)6-7-16-8-4-2-1-3-5-8;1-15(10,11)6-7-2-4-8(5-3-7)14-16(9,12)13/h1-5H,6-7H2;2-5H,6H2,1H3. The number of ether oxygens (including phenoxy) is 1. The highest BCUT2D eigenvalue weighted by Crippen LogP contribution is 2.16. The van der Waals surface area contributed by atoms with E-state index in [1.807, 2.05) is 0 Å². The maximum Gasteiger partial charge on any atom is 0.488 e. The van der Waals surface area contributed by atoms with Gasteiger partial charge in [-0.05, 0) is 33.5 Å². The lowest BCUT2D eigenvalue weighted by molar-refractivity contribution is 0.296. The summed E-state index contributed by atoms with van der Waals surface area (Å²) < 4.78 is 129. The average molecular weight is 570 g/mol. The fourth-order valence-corrected chi connectivity index (χ4v) is 4.71. The van der Waals surface area contributed by atoms with Gasteiger partial charge in [0.25, 0.3) is 0 Å². The van der Waals surface area contributed by atoms with Gasteiger partial charge in [0.15, 0.2) is 9.84 Å². The van der Waals surface area contributed by atoms with E-state index in [2.05, 4.69) is 4.18 Å². The molecule has 0 aliphatic rings. The predicted molar refractivity (Wildman–Crippen MR) is 114 cm³/mol. The second-order valence-electron chi connectivity index (χ2n) is 6.23. The lowest BCUT2D eigenvalue weighted by Gasteiger charge is -2.12. The normalized spacial score (nSPS) is 12.5. The molecule has 0 spiro atoms. The van der Waals surface area contributed by atoms with E-state index in [9.17, 15) is 45.3 Å². The third kappa shape index (κ3) is 12.7. The van der Waals surface area contributed by atoms with Crippen molar-refractivity contribution in [1.82, 2.24) is 3.71 Å². The highest BCUT2D eigenvalue weighted by atomic mass is 32.3. The van der Waals surface area contributed by atoms with Crippen molar-refractivity contribution < 1.29 is 54.2 Å². The maximum atomic E-state index is 12.5. The summed E-state index contributed by atoms with van der Waals surface area (Å²) >= 11 is 0. The third-order valence-corrected chi connectivity index (χ3v) is 6.98. The van der Waals surface area contributed by atoms with Crippen molar-refractivity contribution in [3.05, 3.63) is 60.2 Å². The molecular weight excluding hydrogens is 551 g/mol. The van der Waals surface area contributed by atoms with Crippen LogP contribution in [-0.2, 0) is 46.9 Å². The van der Waals surface area contributed by atoms with Crippen molar-refractivity contribution in [3.8, 4) is 11.5 Å². The van der Waals surface area contributed by atoms with E-state index in [1.165, 1.54) is 36.4 Å². The smallest absolute Gasteiger partial charge is 0.488 e. The predicted octanol–water partition coefficient (Wildman–Crippen LogP) is 1.62. The first-order chi connectivity index (χ1) is 15.4. The van der Waals surface area contributed by atoms with Gasteiger partial charge in [-0.25, -0.2) is 8.42 Å². The van der Waals surface area contributed by atoms with E-state index < -0.39 is 58.0 Å². The van der Waals surface area contributed by atoms with Crippen molar-refractivity contribution in [2.24, 2.45) is 0 Å². The maximum absolute atomic E-state index is 12.5. The molecule has 0 saturated carbocycles. The molecule has 11 nitrogen and oxygen atoms in total. The van der Waals surface area contributed by atoms with Gasteiger partial charge in [-0.2, -0.15) is 25.3 Å². The molecule has 0 heterocycles. The van der Waals surface area contributed by atoms with Crippen LogP contribution in [0.1, 0.15) is 5.56 Å². The Hall–Kier alpha value is -2.41. The molecule has 2 rings (SSSR count). The van der Waals surface area contributed by atoms with Crippen LogP contribution in [0.4, 0.5) is 11.7 Å². The molecule has 2 aromatic carbocycles. The summed E-state index contributed by atoms with van der Waals surface area (Å²) in [6, 6.07) is 13.0. The first-order valence-electron chi connectivity index (χ1n) is 8.62. The van der Waals surface area contributed by atoms with Gasteiger partial charge in [0.1, 0.15) is 18.1 Å². The number of benzene rings is 2. The van der Waals surface area contributed by atoms with Crippen LogP contribution in [0.2, 0.25) is 0 Å². The van der Waals surface area contributed by atoms with Crippen LogP contribution in [0.3, 0.4) is 0 Å². The minimum Gasteiger partial charge on any atom is -0.492 e. The Labute approximate surface area is 195 Å². The fraction of sp³-hybridized carbons (Fsp3) is 0.250. The zero-order valence-corrected chi connectivity index (χ0v) is 20.4. The van der Waals surface area contributed by atoms with E-state index in [4.69, 9.17) is 4.74 Å². The lowest BCUT2D eigenvalue weighted by atomic mass is 10.2. The van der Waals surface area contributed by atoms with Crippen LogP contribution in [0.15, 0.2) is 54.6 Å². The first-order valence-corrected chi connectivity index (χ1v) is 14.7. The van der Waals surface area contributed by atoms with Gasteiger partial charge >= 0.3 is 31.3 Å². The van der Waals surface area contributed by atoms with E-state index in [0.717, 1.165) is 6.26 Å². The van der Waals surface area contributed by atoms with Gasteiger partial charge in [-0.3, -0.25) is 0 Å². The molecule has 0 N–H and O–H groups in total. The summed E-state index contributed by atoms with van der Waals surface area (Å²) in [4.78, 5) is 0. The molecule has 2 aromatic rings. The molecule has 34 heavy (non-hydrogen) atoms. The molecule has 0 aliphatic carbocycles. The molecule has 0 saturated heterocycles. The molecular formula is C16H18F3NO10S4. The van der Waals surface area contributed by atoms with Crippen LogP contribution in [0.25, 0.3) is 0 Å². The van der Waals surface area contributed by atoms with Crippen molar-refractivity contribution in [3.63, 3.8) is 0 Å². The molecule has 0 amide bonds. The number of hydrogen-bond acceptors (Lipinski definition) is 10. The highest BCUT2D eigenvalue weighted by Gasteiger charge is 2.34. The Morgan fingerprint density at radius 3 is 1.65 bits per heavy atom. The molecule has 0 fully saturated rings. The molecule has 0 aliphatic heterocycles. The highest BCUT2D eigenvalue weighted by molar-refractivity contribution is 7.99. The summed E-state index contributed by atoms with van der Waals surface area (Å²) in [5.74, 6) is -0.0694. The van der Waals surface area contributed by atoms with E-state index in [-0.39, 0.29) is 11.5 Å². The second-order valence-corrected chi connectivity index (χ2v) is 12.1. The van der Waals surface area contributed by atoms with Crippen LogP contribution >= 0.6 is 0 Å². The summed E-state index contributed by atoms with van der Waals surface area (Å²) in [6.07, 6.45) is 1.07.